The van der Waals surface area contributed by atoms with Crippen LogP contribution in [0.2, 0.25) is 0 Å². The quantitative estimate of drug-likeness (QED) is 0.712. The van der Waals surface area contributed by atoms with Crippen LogP contribution in [-0.2, 0) is 0 Å². The van der Waals surface area contributed by atoms with Gasteiger partial charge in [0.1, 0.15) is 0 Å². The first kappa shape index (κ1) is 14.4. The summed E-state index contributed by atoms with van der Waals surface area (Å²) in [6.45, 7) is 8.86. The Hall–Kier alpha value is -0.630. The van der Waals surface area contributed by atoms with Gasteiger partial charge in [-0.15, -0.1) is 0 Å². The van der Waals surface area contributed by atoms with Crippen molar-refractivity contribution in [2.45, 2.75) is 33.6 Å². The molecule has 0 amide bonds. The van der Waals surface area contributed by atoms with Crippen LogP contribution in [0.4, 0.5) is 5.69 Å². The molecule has 17 heavy (non-hydrogen) atoms. The number of hydrogen-bond acceptors (Lipinski definition) is 2. The van der Waals surface area contributed by atoms with Gasteiger partial charge in [0.25, 0.3) is 0 Å². The molecule has 0 heterocycles. The van der Waals surface area contributed by atoms with Crippen LogP contribution >= 0.6 is 12.6 Å². The minimum absolute atomic E-state index is 0.697. The fraction of sp³-hybridized carbons (Fsp3) is 0.600. The number of benzene rings is 1. The number of hydrogen-bond donors (Lipinski definition) is 1. The van der Waals surface area contributed by atoms with Crippen molar-refractivity contribution in [2.75, 3.05) is 23.7 Å². The first-order valence-corrected chi connectivity index (χ1v) is 7.27. The van der Waals surface area contributed by atoms with E-state index < -0.39 is 0 Å². The van der Waals surface area contributed by atoms with Gasteiger partial charge >= 0.3 is 0 Å². The largest absolute Gasteiger partial charge is 0.371 e. The lowest BCUT2D eigenvalue weighted by Crippen LogP contribution is -2.30. The fourth-order valence-electron chi connectivity index (χ4n) is 2.28. The Morgan fingerprint density at radius 1 is 1.24 bits per heavy atom. The van der Waals surface area contributed by atoms with Gasteiger partial charge < -0.3 is 4.90 Å². The number of para-hydroxylation sites is 1. The highest BCUT2D eigenvalue weighted by Crippen LogP contribution is 2.21. The second-order valence-electron chi connectivity index (χ2n) is 4.66. The summed E-state index contributed by atoms with van der Waals surface area (Å²) in [5.74, 6) is 1.68. The van der Waals surface area contributed by atoms with Crippen molar-refractivity contribution in [1.82, 2.24) is 0 Å². The topological polar surface area (TPSA) is 3.24 Å². The molecule has 1 unspecified atom stereocenters. The molecule has 0 aliphatic rings. The molecular weight excluding hydrogens is 226 g/mol. The van der Waals surface area contributed by atoms with Gasteiger partial charge in [-0.25, -0.2) is 0 Å². The lowest BCUT2D eigenvalue weighted by Gasteiger charge is -2.29. The third-order valence-corrected chi connectivity index (χ3v) is 3.79. The van der Waals surface area contributed by atoms with Crippen LogP contribution in [0.5, 0.6) is 0 Å². The van der Waals surface area contributed by atoms with Crippen molar-refractivity contribution >= 4 is 18.3 Å². The minimum Gasteiger partial charge on any atom is -0.371 e. The highest BCUT2D eigenvalue weighted by molar-refractivity contribution is 7.80. The van der Waals surface area contributed by atoms with Gasteiger partial charge in [-0.2, -0.15) is 12.6 Å². The SMILES string of the molecule is CCCC(CS)CN(CC)c1ccccc1C. The highest BCUT2D eigenvalue weighted by Gasteiger charge is 2.12. The molecule has 1 rings (SSSR count). The van der Waals surface area contributed by atoms with E-state index in [0.29, 0.717) is 5.92 Å². The summed E-state index contributed by atoms with van der Waals surface area (Å²) in [6, 6.07) is 8.64. The van der Waals surface area contributed by atoms with Gasteiger partial charge in [0.15, 0.2) is 0 Å². The Morgan fingerprint density at radius 2 is 1.94 bits per heavy atom. The Bertz CT molecular complexity index is 324. The number of anilines is 1. The van der Waals surface area contributed by atoms with E-state index in [1.807, 2.05) is 0 Å². The van der Waals surface area contributed by atoms with E-state index in [1.54, 1.807) is 0 Å². The van der Waals surface area contributed by atoms with Crippen molar-refractivity contribution in [1.29, 1.82) is 0 Å². The maximum atomic E-state index is 4.47. The molecule has 0 saturated heterocycles. The van der Waals surface area contributed by atoms with Gasteiger partial charge in [0, 0.05) is 18.8 Å². The molecule has 0 saturated carbocycles. The van der Waals surface area contributed by atoms with E-state index in [9.17, 15) is 0 Å². The molecule has 0 aromatic heterocycles. The van der Waals surface area contributed by atoms with E-state index >= 15 is 0 Å². The van der Waals surface area contributed by atoms with Crippen molar-refractivity contribution in [3.05, 3.63) is 29.8 Å². The Balaban J connectivity index is 2.74. The van der Waals surface area contributed by atoms with E-state index in [4.69, 9.17) is 0 Å². The van der Waals surface area contributed by atoms with Crippen molar-refractivity contribution in [3.63, 3.8) is 0 Å². The lowest BCUT2D eigenvalue weighted by molar-refractivity contribution is 0.524. The number of nitrogens with zero attached hydrogens (tertiary/aromatic N) is 1. The molecule has 0 aliphatic carbocycles. The third-order valence-electron chi connectivity index (χ3n) is 3.27. The summed E-state index contributed by atoms with van der Waals surface area (Å²) >= 11 is 4.47. The standard InChI is InChI=1S/C15H25NS/c1-4-8-14(12-17)11-16(5-2)15-10-7-6-9-13(15)3/h6-7,9-10,14,17H,4-5,8,11-12H2,1-3H3. The van der Waals surface area contributed by atoms with Crippen molar-refractivity contribution < 1.29 is 0 Å². The second-order valence-corrected chi connectivity index (χ2v) is 5.03. The molecule has 1 atom stereocenters. The molecule has 2 heteroatoms. The van der Waals surface area contributed by atoms with Gasteiger partial charge in [0.05, 0.1) is 0 Å². The number of thiol groups is 1. The Labute approximate surface area is 112 Å². The molecule has 0 aliphatic heterocycles. The average Bonchev–Trinajstić information content (AvgIpc) is 2.35. The number of aryl methyl sites for hydroxylation is 1. The van der Waals surface area contributed by atoms with E-state index in [-0.39, 0.29) is 0 Å². The predicted octanol–water partition coefficient (Wildman–Crippen LogP) is 4.17. The molecule has 1 aromatic carbocycles. The molecule has 0 bridgehead atoms. The molecule has 0 radical (unpaired) electrons. The monoisotopic (exact) mass is 251 g/mol. The fourth-order valence-corrected chi connectivity index (χ4v) is 2.57. The third kappa shape index (κ3) is 4.27. The number of rotatable bonds is 7. The van der Waals surface area contributed by atoms with Gasteiger partial charge in [-0.3, -0.25) is 0 Å². The summed E-state index contributed by atoms with van der Waals surface area (Å²) in [7, 11) is 0. The molecule has 1 nitrogen and oxygen atoms in total. The molecule has 96 valence electrons. The first-order valence-electron chi connectivity index (χ1n) is 6.64. The maximum absolute atomic E-state index is 4.47. The summed E-state index contributed by atoms with van der Waals surface area (Å²) in [5.41, 5.74) is 2.74. The van der Waals surface area contributed by atoms with Gasteiger partial charge in [-0.1, -0.05) is 31.5 Å². The Kier molecular flexibility index (Phi) is 6.49. The molecule has 0 fully saturated rings. The lowest BCUT2D eigenvalue weighted by atomic mass is 10.0. The van der Waals surface area contributed by atoms with Crippen LogP contribution < -0.4 is 4.90 Å². The van der Waals surface area contributed by atoms with Crippen LogP contribution in [0.15, 0.2) is 24.3 Å². The van der Waals surface area contributed by atoms with Crippen LogP contribution in [-0.4, -0.2) is 18.8 Å². The summed E-state index contributed by atoms with van der Waals surface area (Å²) in [4.78, 5) is 2.48. The minimum atomic E-state index is 0.697. The van der Waals surface area contributed by atoms with Crippen molar-refractivity contribution in [2.24, 2.45) is 5.92 Å². The molecule has 0 N–H and O–H groups in total. The summed E-state index contributed by atoms with van der Waals surface area (Å²) in [6.07, 6.45) is 2.52. The van der Waals surface area contributed by atoms with E-state index in [1.165, 1.54) is 24.1 Å². The van der Waals surface area contributed by atoms with Crippen LogP contribution in [0, 0.1) is 12.8 Å². The summed E-state index contributed by atoms with van der Waals surface area (Å²) < 4.78 is 0. The van der Waals surface area contributed by atoms with Gasteiger partial charge in [0.2, 0.25) is 0 Å². The van der Waals surface area contributed by atoms with Crippen LogP contribution in [0.3, 0.4) is 0 Å². The predicted molar refractivity (Wildman–Crippen MR) is 81.3 cm³/mol. The molecule has 1 aromatic rings. The van der Waals surface area contributed by atoms with E-state index in [2.05, 4.69) is 62.6 Å². The second kappa shape index (κ2) is 7.65. The molecule has 0 spiro atoms. The zero-order valence-corrected chi connectivity index (χ0v) is 12.2. The maximum Gasteiger partial charge on any atom is 0.0395 e. The smallest absolute Gasteiger partial charge is 0.0395 e. The molecular formula is C15H25NS. The zero-order chi connectivity index (χ0) is 12.7. The van der Waals surface area contributed by atoms with Gasteiger partial charge in [-0.05, 0) is 43.6 Å². The Morgan fingerprint density at radius 3 is 2.47 bits per heavy atom. The average molecular weight is 251 g/mol. The zero-order valence-electron chi connectivity index (χ0n) is 11.3. The van der Waals surface area contributed by atoms with Crippen LogP contribution in [0.25, 0.3) is 0 Å². The normalized spacial score (nSPS) is 12.5. The van der Waals surface area contributed by atoms with E-state index in [0.717, 1.165) is 18.8 Å². The summed E-state index contributed by atoms with van der Waals surface area (Å²) in [5, 5.41) is 0. The highest BCUT2D eigenvalue weighted by atomic mass is 32.1. The van der Waals surface area contributed by atoms with Crippen LogP contribution in [0.1, 0.15) is 32.3 Å². The van der Waals surface area contributed by atoms with Crippen molar-refractivity contribution in [3.8, 4) is 0 Å². The first-order chi connectivity index (χ1) is 8.22.